The summed E-state index contributed by atoms with van der Waals surface area (Å²) in [6, 6.07) is 0. The average molecular weight is 627 g/mol. The van der Waals surface area contributed by atoms with E-state index in [1.165, 1.54) is 77.0 Å². The summed E-state index contributed by atoms with van der Waals surface area (Å²) in [4.78, 5) is 12.1. The van der Waals surface area contributed by atoms with Gasteiger partial charge in [0.15, 0.2) is 0 Å². The van der Waals surface area contributed by atoms with Crippen molar-refractivity contribution in [3.63, 3.8) is 0 Å². The first-order chi connectivity index (χ1) is 22.2. The van der Waals surface area contributed by atoms with E-state index in [4.69, 9.17) is 9.47 Å². The summed E-state index contributed by atoms with van der Waals surface area (Å²) in [5.74, 6) is -0.227. The fraction of sp³-hybridized carbons (Fsp3) is 0.683. The van der Waals surface area contributed by atoms with E-state index >= 15 is 0 Å². The van der Waals surface area contributed by atoms with Gasteiger partial charge in [0, 0.05) is 13.0 Å². The number of hydrogen-bond donors (Lipinski definition) is 1. The zero-order chi connectivity index (χ0) is 32.7. The molecule has 1 unspecified atom stereocenters. The lowest BCUT2D eigenvalue weighted by Crippen LogP contribution is -2.27. The number of hydrogen-bond acceptors (Lipinski definition) is 4. The number of esters is 1. The molecule has 1 atom stereocenters. The maximum absolute atomic E-state index is 12.1. The van der Waals surface area contributed by atoms with Crippen molar-refractivity contribution in [3.8, 4) is 0 Å². The SMILES string of the molecule is CC/C=C\C/C=C\C/C=C\C/C=C\CCCOCC(CO)OC(=O)CCCCCCCCCCC/C=C\C/C=C\CCCCC. The summed E-state index contributed by atoms with van der Waals surface area (Å²) in [5.41, 5.74) is 0. The Balaban J connectivity index is 3.55. The molecule has 0 aliphatic heterocycles. The minimum absolute atomic E-state index is 0.199. The molecule has 0 spiro atoms. The first kappa shape index (κ1) is 42.8. The van der Waals surface area contributed by atoms with Crippen LogP contribution in [0, 0.1) is 0 Å². The molecule has 0 rings (SSSR count). The predicted octanol–water partition coefficient (Wildman–Crippen LogP) is 11.9. The van der Waals surface area contributed by atoms with Crippen molar-refractivity contribution in [1.82, 2.24) is 0 Å². The second kappa shape index (κ2) is 38.0. The standard InChI is InChI=1S/C41H70O4/c1-3-5-7-9-11-13-15-17-19-20-21-22-23-24-26-28-30-32-34-36-41(43)45-40(38-42)39-44-37-35-33-31-29-27-25-18-16-14-12-10-8-6-4-2/h6,8,11-14,17-19,25,29,31,40,42H,3-5,7,9-10,15-16,20-24,26-28,30,32-39H2,1-2H3/b8-6-,13-11-,14-12-,19-17-,25-18-,31-29-. The molecule has 0 aliphatic carbocycles. The van der Waals surface area contributed by atoms with Gasteiger partial charge in [0.25, 0.3) is 0 Å². The fourth-order valence-corrected chi connectivity index (χ4v) is 4.77. The molecule has 0 amide bonds. The van der Waals surface area contributed by atoms with E-state index < -0.39 is 6.10 Å². The summed E-state index contributed by atoms with van der Waals surface area (Å²) in [6.07, 6.45) is 50.9. The van der Waals surface area contributed by atoms with Gasteiger partial charge in [-0.2, -0.15) is 0 Å². The van der Waals surface area contributed by atoms with Crippen molar-refractivity contribution in [2.24, 2.45) is 0 Å². The van der Waals surface area contributed by atoms with Crippen LogP contribution < -0.4 is 0 Å². The van der Waals surface area contributed by atoms with Crippen molar-refractivity contribution in [2.75, 3.05) is 19.8 Å². The van der Waals surface area contributed by atoms with Crippen LogP contribution in [-0.2, 0) is 14.3 Å². The molecule has 0 saturated heterocycles. The average Bonchev–Trinajstić information content (AvgIpc) is 3.05. The smallest absolute Gasteiger partial charge is 0.306 e. The van der Waals surface area contributed by atoms with E-state index in [9.17, 15) is 9.90 Å². The van der Waals surface area contributed by atoms with E-state index in [0.717, 1.165) is 57.8 Å². The Morgan fingerprint density at radius 3 is 1.51 bits per heavy atom. The van der Waals surface area contributed by atoms with Crippen LogP contribution in [0.4, 0.5) is 0 Å². The lowest BCUT2D eigenvalue weighted by molar-refractivity contribution is -0.154. The van der Waals surface area contributed by atoms with Crippen LogP contribution in [0.1, 0.15) is 155 Å². The summed E-state index contributed by atoms with van der Waals surface area (Å²) < 4.78 is 11.0. The summed E-state index contributed by atoms with van der Waals surface area (Å²) in [7, 11) is 0. The van der Waals surface area contributed by atoms with Gasteiger partial charge < -0.3 is 14.6 Å². The zero-order valence-corrected chi connectivity index (χ0v) is 29.4. The highest BCUT2D eigenvalue weighted by atomic mass is 16.6. The number of rotatable bonds is 33. The third-order valence-electron chi connectivity index (χ3n) is 7.52. The van der Waals surface area contributed by atoms with E-state index in [1.807, 2.05) is 0 Å². The lowest BCUT2D eigenvalue weighted by atomic mass is 10.1. The molecule has 0 bridgehead atoms. The largest absolute Gasteiger partial charge is 0.457 e. The molecule has 0 aromatic rings. The quantitative estimate of drug-likeness (QED) is 0.0447. The summed E-state index contributed by atoms with van der Waals surface area (Å²) in [5, 5.41) is 9.55. The van der Waals surface area contributed by atoms with Gasteiger partial charge in [-0.25, -0.2) is 0 Å². The highest BCUT2D eigenvalue weighted by molar-refractivity contribution is 5.69. The van der Waals surface area contributed by atoms with E-state index in [1.54, 1.807) is 0 Å². The molecule has 0 aromatic heterocycles. The molecule has 0 fully saturated rings. The van der Waals surface area contributed by atoms with Gasteiger partial charge in [-0.3, -0.25) is 4.79 Å². The minimum atomic E-state index is -0.567. The molecule has 0 heterocycles. The molecule has 45 heavy (non-hydrogen) atoms. The second-order valence-electron chi connectivity index (χ2n) is 11.9. The number of carbonyl (C=O) groups excluding carboxylic acids is 1. The topological polar surface area (TPSA) is 55.8 Å². The Hall–Kier alpha value is -2.17. The van der Waals surface area contributed by atoms with E-state index in [2.05, 4.69) is 86.8 Å². The van der Waals surface area contributed by atoms with Gasteiger partial charge in [-0.05, 0) is 77.0 Å². The van der Waals surface area contributed by atoms with Crippen LogP contribution in [0.3, 0.4) is 0 Å². The Kier molecular flexibility index (Phi) is 36.2. The number of aliphatic hydroxyl groups is 1. The van der Waals surface area contributed by atoms with Gasteiger partial charge in [0.05, 0.1) is 13.2 Å². The van der Waals surface area contributed by atoms with Gasteiger partial charge >= 0.3 is 5.97 Å². The van der Waals surface area contributed by atoms with Crippen LogP contribution in [-0.4, -0.2) is 37.0 Å². The van der Waals surface area contributed by atoms with Crippen molar-refractivity contribution < 1.29 is 19.4 Å². The highest BCUT2D eigenvalue weighted by Gasteiger charge is 2.13. The van der Waals surface area contributed by atoms with Gasteiger partial charge in [0.1, 0.15) is 6.10 Å². The Bertz CT molecular complexity index is 789. The molecule has 258 valence electrons. The molecule has 0 aromatic carbocycles. The van der Waals surface area contributed by atoms with Gasteiger partial charge in [-0.15, -0.1) is 0 Å². The number of ether oxygens (including phenoxy) is 2. The molecular weight excluding hydrogens is 556 g/mol. The zero-order valence-electron chi connectivity index (χ0n) is 29.4. The molecule has 1 N–H and O–H groups in total. The monoisotopic (exact) mass is 627 g/mol. The number of unbranched alkanes of at least 4 members (excludes halogenated alkanes) is 13. The number of allylic oxidation sites excluding steroid dienone is 12. The van der Waals surface area contributed by atoms with Crippen molar-refractivity contribution in [1.29, 1.82) is 0 Å². The molecule has 4 nitrogen and oxygen atoms in total. The normalized spacial score (nSPS) is 13.2. The molecule has 4 heteroatoms. The van der Waals surface area contributed by atoms with Crippen LogP contribution in [0.25, 0.3) is 0 Å². The summed E-state index contributed by atoms with van der Waals surface area (Å²) >= 11 is 0. The van der Waals surface area contributed by atoms with Crippen LogP contribution >= 0.6 is 0 Å². The third-order valence-corrected chi connectivity index (χ3v) is 7.52. The molecule has 0 aliphatic rings. The number of carbonyl (C=O) groups is 1. The minimum Gasteiger partial charge on any atom is -0.457 e. The van der Waals surface area contributed by atoms with Crippen molar-refractivity contribution >= 4 is 5.97 Å². The Morgan fingerprint density at radius 1 is 0.556 bits per heavy atom. The van der Waals surface area contributed by atoms with Crippen LogP contribution in [0.15, 0.2) is 72.9 Å². The van der Waals surface area contributed by atoms with Crippen molar-refractivity contribution in [3.05, 3.63) is 72.9 Å². The lowest BCUT2D eigenvalue weighted by Gasteiger charge is -2.15. The van der Waals surface area contributed by atoms with E-state index in [-0.39, 0.29) is 19.2 Å². The van der Waals surface area contributed by atoms with Gasteiger partial charge in [0.2, 0.25) is 0 Å². The Labute approximate surface area is 278 Å². The van der Waals surface area contributed by atoms with Crippen molar-refractivity contribution in [2.45, 2.75) is 161 Å². The maximum Gasteiger partial charge on any atom is 0.306 e. The fourth-order valence-electron chi connectivity index (χ4n) is 4.77. The first-order valence-corrected chi connectivity index (χ1v) is 18.5. The maximum atomic E-state index is 12.1. The second-order valence-corrected chi connectivity index (χ2v) is 11.9. The molecule has 0 radical (unpaired) electrons. The third kappa shape index (κ3) is 36.2. The first-order valence-electron chi connectivity index (χ1n) is 18.5. The van der Waals surface area contributed by atoms with Gasteiger partial charge in [-0.1, -0.05) is 145 Å². The predicted molar refractivity (Wildman–Crippen MR) is 196 cm³/mol. The van der Waals surface area contributed by atoms with E-state index in [0.29, 0.717) is 13.0 Å². The number of aliphatic hydroxyl groups excluding tert-OH is 1. The van der Waals surface area contributed by atoms with Crippen LogP contribution in [0.2, 0.25) is 0 Å². The molecule has 0 saturated carbocycles. The molecular formula is C41H70O4. The van der Waals surface area contributed by atoms with Crippen LogP contribution in [0.5, 0.6) is 0 Å². The highest BCUT2D eigenvalue weighted by Crippen LogP contribution is 2.12. The summed E-state index contributed by atoms with van der Waals surface area (Å²) in [6.45, 7) is 5.05. The Morgan fingerprint density at radius 2 is 1.00 bits per heavy atom.